The summed E-state index contributed by atoms with van der Waals surface area (Å²) in [4.78, 5) is 11.4. The molecule has 2 nitrogen and oxygen atoms in total. The Kier molecular flexibility index (Phi) is 10.6. The molecule has 40 valence electrons. The maximum absolute atomic E-state index is 9.57. The number of nitrogens with zero attached hydrogens (tertiary/aromatic N) is 1. The number of hydrogen-bond donors (Lipinski definition) is 0. The average molecular weight is 129 g/mol. The average Bonchev–Trinajstić information content (AvgIpc) is 1.35. The van der Waals surface area contributed by atoms with E-state index in [1.54, 1.807) is 0 Å². The minimum atomic E-state index is 0. The molecular formula is C4H11CaNO. The van der Waals surface area contributed by atoms with E-state index in [2.05, 4.69) is 0 Å². The second kappa shape index (κ2) is 6.89. The maximum atomic E-state index is 9.57. The Balaban J connectivity index is -0.0000000417. The third kappa shape index (κ3) is 10.9. The predicted molar refractivity (Wildman–Crippen MR) is 32.6 cm³/mol. The fourth-order valence-electron chi connectivity index (χ4n) is 0.149. The first-order valence-electron chi connectivity index (χ1n) is 1.85. The van der Waals surface area contributed by atoms with Crippen LogP contribution in [-0.2, 0) is 4.79 Å². The van der Waals surface area contributed by atoms with Gasteiger partial charge < -0.3 is 12.5 Å². The normalized spacial score (nSPS) is 7.86. The monoisotopic (exact) mass is 129 g/mol. The Morgan fingerprint density at radius 3 is 2.14 bits per heavy atom. The van der Waals surface area contributed by atoms with E-state index in [4.69, 9.17) is 0 Å². The van der Waals surface area contributed by atoms with Gasteiger partial charge in [-0.1, -0.05) is 0 Å². The second-order valence-corrected chi connectivity index (χ2v) is 1.43. The van der Waals surface area contributed by atoms with E-state index in [-0.39, 0.29) is 40.6 Å². The summed E-state index contributed by atoms with van der Waals surface area (Å²) in [6.07, 6.45) is 0.875. The molecule has 0 amide bonds. The molecule has 0 aromatic carbocycles. The fraction of sp³-hybridized carbons (Fsp3) is 0.750. The van der Waals surface area contributed by atoms with Crippen molar-refractivity contribution in [2.45, 2.75) is 0 Å². The molecule has 0 saturated carbocycles. The summed E-state index contributed by atoms with van der Waals surface area (Å²) < 4.78 is 0. The van der Waals surface area contributed by atoms with Crippen molar-refractivity contribution in [1.29, 1.82) is 0 Å². The number of carbonyl (C=O) groups is 1. The topological polar surface area (TPSA) is 20.3 Å². The molecule has 0 bridgehead atoms. The molecule has 0 unspecified atom stereocenters. The van der Waals surface area contributed by atoms with Gasteiger partial charge >= 0.3 is 37.7 Å². The van der Waals surface area contributed by atoms with Gasteiger partial charge in [-0.3, -0.25) is 0 Å². The number of hydrogen-bond acceptors (Lipinski definition) is 2. The van der Waals surface area contributed by atoms with Crippen molar-refractivity contribution in [1.82, 2.24) is 4.90 Å². The van der Waals surface area contributed by atoms with Crippen LogP contribution < -0.4 is 0 Å². The molecule has 3 heteroatoms. The van der Waals surface area contributed by atoms with Gasteiger partial charge in [-0.05, 0) is 14.1 Å². The Hall–Kier alpha value is 0.890. The second-order valence-electron chi connectivity index (χ2n) is 1.43. The van der Waals surface area contributed by atoms with E-state index < -0.39 is 0 Å². The van der Waals surface area contributed by atoms with Crippen molar-refractivity contribution < 1.29 is 7.65 Å². The van der Waals surface area contributed by atoms with Crippen molar-refractivity contribution in [3.05, 3.63) is 0 Å². The minimum Gasteiger partial charge on any atom is -1.00 e. The molecule has 0 rings (SSSR count). The Bertz CT molecular complexity index is 53.8. The van der Waals surface area contributed by atoms with E-state index in [1.807, 2.05) is 19.0 Å². The molecule has 0 atom stereocenters. The summed E-state index contributed by atoms with van der Waals surface area (Å²) in [5.41, 5.74) is 0. The van der Waals surface area contributed by atoms with Crippen LogP contribution in [0.1, 0.15) is 2.85 Å². The summed E-state index contributed by atoms with van der Waals surface area (Å²) in [6, 6.07) is 0. The van der Waals surface area contributed by atoms with Crippen LogP contribution >= 0.6 is 0 Å². The van der Waals surface area contributed by atoms with Gasteiger partial charge in [-0.25, -0.2) is 0 Å². The molecule has 0 heterocycles. The standard InChI is InChI=1S/C4H9NO.Ca.2H/c1-5(2)3-4-6;;;/h4H,3H2,1-2H3;;;/q;+2;2*-1. The van der Waals surface area contributed by atoms with Gasteiger partial charge in [0.05, 0.1) is 6.54 Å². The van der Waals surface area contributed by atoms with Crippen molar-refractivity contribution in [2.24, 2.45) is 0 Å². The van der Waals surface area contributed by atoms with Gasteiger partial charge in [-0.15, -0.1) is 0 Å². The summed E-state index contributed by atoms with van der Waals surface area (Å²) in [5.74, 6) is 0. The zero-order valence-electron chi connectivity index (χ0n) is 6.85. The molecule has 0 N–H and O–H groups in total. The summed E-state index contributed by atoms with van der Waals surface area (Å²) >= 11 is 0. The minimum absolute atomic E-state index is 0. The summed E-state index contributed by atoms with van der Waals surface area (Å²) in [7, 11) is 3.71. The van der Waals surface area contributed by atoms with Gasteiger partial charge in [0.1, 0.15) is 6.29 Å². The Morgan fingerprint density at radius 2 is 2.14 bits per heavy atom. The molecule has 0 aromatic heterocycles. The predicted octanol–water partition coefficient (Wildman–Crippen LogP) is -0.409. The number of carbonyl (C=O) groups excluding carboxylic acids is 1. The van der Waals surface area contributed by atoms with Crippen LogP contribution in [0.15, 0.2) is 0 Å². The number of rotatable bonds is 2. The molecule has 0 aliphatic rings. The molecule has 7 heavy (non-hydrogen) atoms. The van der Waals surface area contributed by atoms with Crippen LogP contribution in [0.5, 0.6) is 0 Å². The largest absolute Gasteiger partial charge is 2.00 e. The number of likely N-dealkylation sites (N-methyl/N-ethyl adjacent to an activating group) is 1. The first-order chi connectivity index (χ1) is 2.77. The molecule has 0 saturated heterocycles. The van der Waals surface area contributed by atoms with Crippen molar-refractivity contribution in [3.8, 4) is 0 Å². The fourth-order valence-corrected chi connectivity index (χ4v) is 0.149. The SMILES string of the molecule is CN(C)CC=O.[Ca+2].[H-].[H-]. The van der Waals surface area contributed by atoms with E-state index in [1.165, 1.54) is 0 Å². The van der Waals surface area contributed by atoms with Crippen LogP contribution in [0.25, 0.3) is 0 Å². The molecule has 0 fully saturated rings. The van der Waals surface area contributed by atoms with E-state index in [0.717, 1.165) is 6.29 Å². The molecule has 0 radical (unpaired) electrons. The van der Waals surface area contributed by atoms with Gasteiger partial charge in [0, 0.05) is 0 Å². The third-order valence-corrected chi connectivity index (χ3v) is 0.440. The first kappa shape index (κ1) is 10.8. The quantitative estimate of drug-likeness (QED) is 0.373. The summed E-state index contributed by atoms with van der Waals surface area (Å²) in [5, 5.41) is 0. The zero-order chi connectivity index (χ0) is 4.99. The van der Waals surface area contributed by atoms with Crippen LogP contribution in [-0.4, -0.2) is 69.6 Å². The Morgan fingerprint density at radius 1 is 1.71 bits per heavy atom. The van der Waals surface area contributed by atoms with E-state index in [9.17, 15) is 4.79 Å². The molecule has 0 spiro atoms. The molecule has 0 aromatic rings. The smallest absolute Gasteiger partial charge is 1.00 e. The van der Waals surface area contributed by atoms with Crippen molar-refractivity contribution >= 4 is 44.0 Å². The van der Waals surface area contributed by atoms with Gasteiger partial charge in [-0.2, -0.15) is 0 Å². The van der Waals surface area contributed by atoms with E-state index in [0.29, 0.717) is 6.54 Å². The van der Waals surface area contributed by atoms with Gasteiger partial charge in [0.15, 0.2) is 0 Å². The molecular weight excluding hydrogens is 118 g/mol. The number of aldehydes is 1. The molecule has 0 aliphatic heterocycles. The van der Waals surface area contributed by atoms with E-state index >= 15 is 0 Å². The van der Waals surface area contributed by atoms with Crippen LogP contribution in [0.2, 0.25) is 0 Å². The van der Waals surface area contributed by atoms with Crippen LogP contribution in [0.3, 0.4) is 0 Å². The first-order valence-corrected chi connectivity index (χ1v) is 1.85. The van der Waals surface area contributed by atoms with Gasteiger partial charge in [0.25, 0.3) is 0 Å². The molecule has 0 aliphatic carbocycles. The van der Waals surface area contributed by atoms with Crippen molar-refractivity contribution in [3.63, 3.8) is 0 Å². The third-order valence-electron chi connectivity index (χ3n) is 0.440. The van der Waals surface area contributed by atoms with Crippen molar-refractivity contribution in [2.75, 3.05) is 20.6 Å². The van der Waals surface area contributed by atoms with Crippen LogP contribution in [0.4, 0.5) is 0 Å². The Labute approximate surface area is 76.8 Å². The van der Waals surface area contributed by atoms with Crippen LogP contribution in [0, 0.1) is 0 Å². The zero-order valence-corrected chi connectivity index (χ0v) is 7.06. The van der Waals surface area contributed by atoms with Gasteiger partial charge in [0.2, 0.25) is 0 Å². The summed E-state index contributed by atoms with van der Waals surface area (Å²) in [6.45, 7) is 0.528. The maximum Gasteiger partial charge on any atom is 2.00 e.